The average Bonchev–Trinajstić information content (AvgIpc) is 2.68. The molecule has 2 aromatic rings. The summed E-state index contributed by atoms with van der Waals surface area (Å²) in [6, 6.07) is 18.0. The van der Waals surface area contributed by atoms with Crippen LogP contribution >= 0.6 is 0 Å². The fourth-order valence-electron chi connectivity index (χ4n) is 2.82. The molecule has 0 aliphatic carbocycles. The van der Waals surface area contributed by atoms with Crippen molar-refractivity contribution in [2.45, 2.75) is 46.3 Å². The molecule has 2 aromatic carbocycles. The summed E-state index contributed by atoms with van der Waals surface area (Å²) in [5.41, 5.74) is 1.10. The summed E-state index contributed by atoms with van der Waals surface area (Å²) in [5.74, 6) is -0.339. The second kappa shape index (κ2) is 9.91. The van der Waals surface area contributed by atoms with Crippen molar-refractivity contribution in [1.29, 1.82) is 0 Å². The smallest absolute Gasteiger partial charge is 0.338 e. The minimum atomic E-state index is -0.314. The fraction of sp³-hybridized carbons (Fsp3) is 0.391. The van der Waals surface area contributed by atoms with Crippen molar-refractivity contribution in [1.82, 2.24) is 0 Å². The summed E-state index contributed by atoms with van der Waals surface area (Å²) in [5, 5.41) is 0. The Kier molecular flexibility index (Phi) is 7.59. The van der Waals surface area contributed by atoms with E-state index in [9.17, 15) is 9.59 Å². The van der Waals surface area contributed by atoms with Crippen LogP contribution in [0.25, 0.3) is 0 Å². The standard InChI is InChI=1S/C23H28O4/c1-16(18(3)26-22(24)20-11-7-5-8-12-20)15-17(2)19(4)27-23(25)21-13-9-6-10-14-21/h5-14,16-19H,15H2,1-4H3. The minimum Gasteiger partial charge on any atom is -0.459 e. The molecule has 0 heterocycles. The lowest BCUT2D eigenvalue weighted by molar-refractivity contribution is 0.00572. The normalized spacial score (nSPS) is 15.3. The van der Waals surface area contributed by atoms with Gasteiger partial charge >= 0.3 is 11.9 Å². The van der Waals surface area contributed by atoms with Crippen LogP contribution in [0, 0.1) is 11.8 Å². The molecular weight excluding hydrogens is 340 g/mol. The maximum Gasteiger partial charge on any atom is 0.338 e. The van der Waals surface area contributed by atoms with Crippen molar-refractivity contribution in [3.63, 3.8) is 0 Å². The Morgan fingerprint density at radius 3 is 1.33 bits per heavy atom. The largest absolute Gasteiger partial charge is 0.459 e. The molecule has 0 N–H and O–H groups in total. The summed E-state index contributed by atoms with van der Waals surface area (Å²) in [7, 11) is 0. The third kappa shape index (κ3) is 6.24. The molecule has 0 saturated carbocycles. The molecule has 4 atom stereocenters. The molecule has 4 heteroatoms. The molecule has 144 valence electrons. The zero-order valence-corrected chi connectivity index (χ0v) is 16.4. The highest BCUT2D eigenvalue weighted by Gasteiger charge is 2.24. The first-order chi connectivity index (χ1) is 12.9. The van der Waals surface area contributed by atoms with Crippen LogP contribution in [0.5, 0.6) is 0 Å². The molecule has 0 saturated heterocycles. The van der Waals surface area contributed by atoms with Gasteiger partial charge in [-0.15, -0.1) is 0 Å². The van der Waals surface area contributed by atoms with Gasteiger partial charge in [0, 0.05) is 0 Å². The molecule has 0 aliphatic rings. The van der Waals surface area contributed by atoms with E-state index in [1.807, 2.05) is 64.1 Å². The third-order valence-corrected chi connectivity index (χ3v) is 4.95. The van der Waals surface area contributed by atoms with E-state index in [0.29, 0.717) is 11.1 Å². The highest BCUT2D eigenvalue weighted by molar-refractivity contribution is 5.89. The van der Waals surface area contributed by atoms with Gasteiger partial charge in [0.15, 0.2) is 0 Å². The van der Waals surface area contributed by atoms with Gasteiger partial charge < -0.3 is 9.47 Å². The molecule has 0 aromatic heterocycles. The lowest BCUT2D eigenvalue weighted by Crippen LogP contribution is -2.28. The van der Waals surface area contributed by atoms with Crippen molar-refractivity contribution >= 4 is 11.9 Å². The average molecular weight is 368 g/mol. The first-order valence-corrected chi connectivity index (χ1v) is 9.40. The van der Waals surface area contributed by atoms with Crippen LogP contribution in [0.3, 0.4) is 0 Å². The molecule has 4 nitrogen and oxygen atoms in total. The molecule has 0 aliphatic heterocycles. The second-order valence-electron chi connectivity index (χ2n) is 7.14. The topological polar surface area (TPSA) is 52.6 Å². The number of ether oxygens (including phenoxy) is 2. The van der Waals surface area contributed by atoms with Crippen molar-refractivity contribution in [3.8, 4) is 0 Å². The van der Waals surface area contributed by atoms with Gasteiger partial charge in [-0.25, -0.2) is 9.59 Å². The zero-order chi connectivity index (χ0) is 19.8. The van der Waals surface area contributed by atoms with Crippen molar-refractivity contribution in [3.05, 3.63) is 71.8 Å². The second-order valence-corrected chi connectivity index (χ2v) is 7.14. The van der Waals surface area contributed by atoms with Crippen LogP contribution in [0.4, 0.5) is 0 Å². The number of esters is 2. The van der Waals surface area contributed by atoms with Crippen LogP contribution in [0.2, 0.25) is 0 Å². The van der Waals surface area contributed by atoms with Crippen LogP contribution in [0.15, 0.2) is 60.7 Å². The van der Waals surface area contributed by atoms with Gasteiger partial charge in [-0.3, -0.25) is 0 Å². The van der Waals surface area contributed by atoms with E-state index in [4.69, 9.17) is 9.47 Å². The molecule has 0 radical (unpaired) electrons. The van der Waals surface area contributed by atoms with Crippen molar-refractivity contribution in [2.24, 2.45) is 11.8 Å². The number of carbonyl (C=O) groups excluding carboxylic acids is 2. The first kappa shape index (κ1) is 20.7. The quantitative estimate of drug-likeness (QED) is 0.606. The third-order valence-electron chi connectivity index (χ3n) is 4.95. The van der Waals surface area contributed by atoms with Gasteiger partial charge in [0.05, 0.1) is 11.1 Å². The monoisotopic (exact) mass is 368 g/mol. The Morgan fingerprint density at radius 2 is 1.00 bits per heavy atom. The van der Waals surface area contributed by atoms with E-state index in [2.05, 4.69) is 0 Å². The van der Waals surface area contributed by atoms with Crippen LogP contribution in [-0.4, -0.2) is 24.1 Å². The fourth-order valence-corrected chi connectivity index (χ4v) is 2.82. The maximum absolute atomic E-state index is 12.2. The predicted molar refractivity (Wildman–Crippen MR) is 106 cm³/mol. The molecule has 27 heavy (non-hydrogen) atoms. The number of benzene rings is 2. The van der Waals surface area contributed by atoms with E-state index < -0.39 is 0 Å². The van der Waals surface area contributed by atoms with Gasteiger partial charge in [-0.2, -0.15) is 0 Å². The SMILES string of the molecule is CC(CC(C)C(C)OC(=O)c1ccccc1)C(C)OC(=O)c1ccccc1. The van der Waals surface area contributed by atoms with Gasteiger partial charge in [0.25, 0.3) is 0 Å². The summed E-state index contributed by atoms with van der Waals surface area (Å²) in [6.45, 7) is 7.90. The van der Waals surface area contributed by atoms with Crippen LogP contribution in [-0.2, 0) is 9.47 Å². The van der Waals surface area contributed by atoms with Gasteiger partial charge in [-0.1, -0.05) is 50.2 Å². The lowest BCUT2D eigenvalue weighted by atomic mass is 9.90. The van der Waals surface area contributed by atoms with E-state index in [1.165, 1.54) is 0 Å². The van der Waals surface area contributed by atoms with Gasteiger partial charge in [0.2, 0.25) is 0 Å². The Balaban J connectivity index is 1.83. The first-order valence-electron chi connectivity index (χ1n) is 9.40. The van der Waals surface area contributed by atoms with Gasteiger partial charge in [0.1, 0.15) is 12.2 Å². The molecular formula is C23H28O4. The molecule has 0 fully saturated rings. The van der Waals surface area contributed by atoms with E-state index in [0.717, 1.165) is 6.42 Å². The molecule has 4 unspecified atom stereocenters. The number of rotatable bonds is 8. The maximum atomic E-state index is 12.2. The summed E-state index contributed by atoms with van der Waals surface area (Å²) in [6.07, 6.45) is 0.335. The predicted octanol–water partition coefficient (Wildman–Crippen LogP) is 5.14. The molecule has 2 rings (SSSR count). The summed E-state index contributed by atoms with van der Waals surface area (Å²) < 4.78 is 11.2. The lowest BCUT2D eigenvalue weighted by Gasteiger charge is -2.26. The number of carbonyl (C=O) groups is 2. The van der Waals surface area contributed by atoms with E-state index in [1.54, 1.807) is 24.3 Å². The Hall–Kier alpha value is -2.62. The molecule has 0 bridgehead atoms. The van der Waals surface area contributed by atoms with E-state index in [-0.39, 0.29) is 36.0 Å². The van der Waals surface area contributed by atoms with Gasteiger partial charge in [-0.05, 0) is 56.4 Å². The Bertz CT molecular complexity index is 663. The molecule has 0 spiro atoms. The minimum absolute atomic E-state index is 0.144. The Morgan fingerprint density at radius 1 is 0.667 bits per heavy atom. The number of hydrogen-bond donors (Lipinski definition) is 0. The molecule has 0 amide bonds. The van der Waals surface area contributed by atoms with Crippen molar-refractivity contribution in [2.75, 3.05) is 0 Å². The summed E-state index contributed by atoms with van der Waals surface area (Å²) in [4.78, 5) is 24.4. The highest BCUT2D eigenvalue weighted by atomic mass is 16.5. The van der Waals surface area contributed by atoms with E-state index >= 15 is 0 Å². The van der Waals surface area contributed by atoms with Crippen LogP contribution in [0.1, 0.15) is 54.8 Å². The highest BCUT2D eigenvalue weighted by Crippen LogP contribution is 2.23. The van der Waals surface area contributed by atoms with Crippen molar-refractivity contribution < 1.29 is 19.1 Å². The number of hydrogen-bond acceptors (Lipinski definition) is 4. The summed E-state index contributed by atoms with van der Waals surface area (Å²) >= 11 is 0. The van der Waals surface area contributed by atoms with Crippen LogP contribution < -0.4 is 0 Å². The zero-order valence-electron chi connectivity index (χ0n) is 16.4. The Labute approximate surface area is 161 Å².